The molecule has 0 aliphatic heterocycles. The first-order valence-electron chi connectivity index (χ1n) is 6.64. The number of hydrogen-bond donors (Lipinski definition) is 0. The van der Waals surface area contributed by atoms with Crippen LogP contribution in [0.25, 0.3) is 0 Å². The van der Waals surface area contributed by atoms with Crippen LogP contribution in [0, 0.1) is 17.3 Å². The van der Waals surface area contributed by atoms with Crippen LogP contribution >= 0.6 is 22.9 Å². The van der Waals surface area contributed by atoms with Crippen LogP contribution in [0.4, 0.5) is 0 Å². The summed E-state index contributed by atoms with van der Waals surface area (Å²) in [5.74, 6) is 1.48. The third kappa shape index (κ3) is 3.26. The van der Waals surface area contributed by atoms with E-state index in [1.807, 2.05) is 0 Å². The Morgan fingerprint density at radius 3 is 2.76 bits per heavy atom. The van der Waals surface area contributed by atoms with Crippen LogP contribution < -0.4 is 0 Å². The fourth-order valence-electron chi connectivity index (χ4n) is 3.24. The summed E-state index contributed by atoms with van der Waals surface area (Å²) in [4.78, 5) is 0. The molecular formula is C15H23ClS. The summed E-state index contributed by atoms with van der Waals surface area (Å²) in [5, 5.41) is 4.82. The van der Waals surface area contributed by atoms with Gasteiger partial charge in [0, 0.05) is 5.38 Å². The normalized spacial score (nSPS) is 30.5. The minimum Gasteiger partial charge on any atom is -0.152 e. The van der Waals surface area contributed by atoms with Gasteiger partial charge in [-0.05, 0) is 58.9 Å². The highest BCUT2D eigenvalue weighted by molar-refractivity contribution is 7.07. The second-order valence-electron chi connectivity index (χ2n) is 6.34. The average molecular weight is 271 g/mol. The van der Waals surface area contributed by atoms with E-state index in [0.29, 0.717) is 16.7 Å². The fraction of sp³-hybridized carbons (Fsp3) is 0.733. The van der Waals surface area contributed by atoms with Gasteiger partial charge in [-0.2, -0.15) is 11.3 Å². The van der Waals surface area contributed by atoms with Crippen molar-refractivity contribution in [2.24, 2.45) is 17.3 Å². The van der Waals surface area contributed by atoms with E-state index >= 15 is 0 Å². The van der Waals surface area contributed by atoms with Crippen molar-refractivity contribution in [1.29, 1.82) is 0 Å². The molecule has 0 aromatic carbocycles. The van der Waals surface area contributed by atoms with Crippen molar-refractivity contribution in [3.8, 4) is 0 Å². The fourth-order valence-corrected chi connectivity index (χ4v) is 4.68. The first-order chi connectivity index (χ1) is 7.99. The molecule has 1 aliphatic rings. The van der Waals surface area contributed by atoms with Crippen molar-refractivity contribution in [3.63, 3.8) is 0 Å². The zero-order valence-corrected chi connectivity index (χ0v) is 12.7. The number of thiophene rings is 1. The van der Waals surface area contributed by atoms with Crippen molar-refractivity contribution in [1.82, 2.24) is 0 Å². The lowest BCUT2D eigenvalue weighted by Gasteiger charge is -2.42. The van der Waals surface area contributed by atoms with Crippen molar-refractivity contribution >= 4 is 22.9 Å². The van der Waals surface area contributed by atoms with Crippen LogP contribution in [0.15, 0.2) is 16.8 Å². The largest absolute Gasteiger partial charge is 0.152 e. The molecule has 0 N–H and O–H groups in total. The summed E-state index contributed by atoms with van der Waals surface area (Å²) >= 11 is 8.40. The Bertz CT molecular complexity index is 342. The molecule has 1 fully saturated rings. The van der Waals surface area contributed by atoms with E-state index in [-0.39, 0.29) is 0 Å². The van der Waals surface area contributed by atoms with E-state index < -0.39 is 0 Å². The quantitative estimate of drug-likeness (QED) is 0.649. The Balaban J connectivity index is 2.04. The van der Waals surface area contributed by atoms with Gasteiger partial charge in [0.2, 0.25) is 0 Å². The molecule has 0 bridgehead atoms. The van der Waals surface area contributed by atoms with E-state index in [1.165, 1.54) is 31.2 Å². The molecule has 17 heavy (non-hydrogen) atoms. The number of hydrogen-bond acceptors (Lipinski definition) is 1. The Kier molecular flexibility index (Phi) is 4.20. The molecule has 3 unspecified atom stereocenters. The lowest BCUT2D eigenvalue weighted by atomic mass is 9.66. The Hall–Kier alpha value is -0.0100. The molecule has 1 saturated carbocycles. The maximum atomic E-state index is 6.60. The standard InChI is InChI=1S/C15H23ClS/c1-11-4-5-13(14(16)8-11)15(2,3)9-12-6-7-17-10-12/h6-7,10-11,13-14H,4-5,8-9H2,1-3H3. The second kappa shape index (κ2) is 5.32. The average Bonchev–Trinajstić information content (AvgIpc) is 2.68. The van der Waals surface area contributed by atoms with Gasteiger partial charge in [-0.1, -0.05) is 27.2 Å². The van der Waals surface area contributed by atoms with Gasteiger partial charge in [0.1, 0.15) is 0 Å². The minimum absolute atomic E-state index is 0.327. The van der Waals surface area contributed by atoms with Crippen molar-refractivity contribution < 1.29 is 0 Å². The van der Waals surface area contributed by atoms with Gasteiger partial charge in [-0.25, -0.2) is 0 Å². The molecule has 0 spiro atoms. The first kappa shape index (κ1) is 13.4. The second-order valence-corrected chi connectivity index (χ2v) is 7.68. The summed E-state index contributed by atoms with van der Waals surface area (Å²) in [7, 11) is 0. The molecule has 0 nitrogen and oxygen atoms in total. The van der Waals surface area contributed by atoms with Gasteiger partial charge >= 0.3 is 0 Å². The van der Waals surface area contributed by atoms with Crippen molar-refractivity contribution in [3.05, 3.63) is 22.4 Å². The number of halogens is 1. The Morgan fingerprint density at radius 2 is 2.18 bits per heavy atom. The van der Waals surface area contributed by atoms with Crippen LogP contribution in [0.2, 0.25) is 0 Å². The minimum atomic E-state index is 0.327. The molecule has 1 heterocycles. The smallest absolute Gasteiger partial charge is 0.0372 e. The molecular weight excluding hydrogens is 248 g/mol. The molecule has 1 aromatic heterocycles. The molecule has 2 heteroatoms. The maximum absolute atomic E-state index is 6.60. The van der Waals surface area contributed by atoms with E-state index in [1.54, 1.807) is 11.3 Å². The summed E-state index contributed by atoms with van der Waals surface area (Å²) in [6, 6.07) is 2.25. The van der Waals surface area contributed by atoms with Gasteiger partial charge in [-0.3, -0.25) is 0 Å². The maximum Gasteiger partial charge on any atom is 0.0372 e. The van der Waals surface area contributed by atoms with Gasteiger partial charge in [-0.15, -0.1) is 11.6 Å². The molecule has 1 aromatic rings. The zero-order chi connectivity index (χ0) is 12.5. The van der Waals surface area contributed by atoms with Crippen LogP contribution in [0.5, 0.6) is 0 Å². The Morgan fingerprint density at radius 1 is 1.41 bits per heavy atom. The molecule has 0 saturated heterocycles. The zero-order valence-electron chi connectivity index (χ0n) is 11.1. The summed E-state index contributed by atoms with van der Waals surface area (Å²) in [5.41, 5.74) is 1.80. The molecule has 3 atom stereocenters. The number of alkyl halides is 1. The van der Waals surface area contributed by atoms with E-state index in [9.17, 15) is 0 Å². The van der Waals surface area contributed by atoms with Crippen LogP contribution in [0.3, 0.4) is 0 Å². The highest BCUT2D eigenvalue weighted by atomic mass is 35.5. The van der Waals surface area contributed by atoms with E-state index in [0.717, 1.165) is 5.92 Å². The highest BCUT2D eigenvalue weighted by Gasteiger charge is 2.38. The van der Waals surface area contributed by atoms with Gasteiger partial charge in [0.05, 0.1) is 0 Å². The molecule has 2 rings (SSSR count). The lowest BCUT2D eigenvalue weighted by molar-refractivity contribution is 0.142. The highest BCUT2D eigenvalue weighted by Crippen LogP contribution is 2.44. The first-order valence-corrected chi connectivity index (χ1v) is 8.02. The van der Waals surface area contributed by atoms with Gasteiger partial charge in [0.15, 0.2) is 0 Å². The van der Waals surface area contributed by atoms with Crippen LogP contribution in [-0.4, -0.2) is 5.38 Å². The van der Waals surface area contributed by atoms with E-state index in [2.05, 4.69) is 37.6 Å². The lowest BCUT2D eigenvalue weighted by Crippen LogP contribution is -2.37. The third-order valence-electron chi connectivity index (χ3n) is 4.28. The molecule has 0 radical (unpaired) electrons. The molecule has 0 amide bonds. The van der Waals surface area contributed by atoms with Crippen molar-refractivity contribution in [2.75, 3.05) is 0 Å². The topological polar surface area (TPSA) is 0 Å². The predicted molar refractivity (Wildman–Crippen MR) is 78.0 cm³/mol. The van der Waals surface area contributed by atoms with Gasteiger partial charge < -0.3 is 0 Å². The Labute approximate surface area is 114 Å². The van der Waals surface area contributed by atoms with Crippen LogP contribution in [0.1, 0.15) is 45.6 Å². The van der Waals surface area contributed by atoms with E-state index in [4.69, 9.17) is 11.6 Å². The summed E-state index contributed by atoms with van der Waals surface area (Å²) in [6.45, 7) is 7.11. The van der Waals surface area contributed by atoms with Gasteiger partial charge in [0.25, 0.3) is 0 Å². The summed E-state index contributed by atoms with van der Waals surface area (Å²) in [6.07, 6.45) is 5.01. The molecule has 96 valence electrons. The summed E-state index contributed by atoms with van der Waals surface area (Å²) < 4.78 is 0. The SMILES string of the molecule is CC1CCC(C(C)(C)Cc2ccsc2)C(Cl)C1. The monoisotopic (exact) mass is 270 g/mol. The van der Waals surface area contributed by atoms with Crippen LogP contribution in [-0.2, 0) is 6.42 Å². The number of rotatable bonds is 3. The molecule has 1 aliphatic carbocycles. The third-order valence-corrected chi connectivity index (χ3v) is 5.49. The predicted octanol–water partition coefficient (Wildman–Crippen LogP) is 5.36. The van der Waals surface area contributed by atoms with Crippen molar-refractivity contribution in [2.45, 2.75) is 51.8 Å².